The van der Waals surface area contributed by atoms with Gasteiger partial charge in [-0.2, -0.15) is 0 Å². The van der Waals surface area contributed by atoms with Crippen LogP contribution in [0.2, 0.25) is 0 Å². The Hall–Kier alpha value is -1.92. The van der Waals surface area contributed by atoms with E-state index in [1.54, 1.807) is 0 Å². The number of benzene rings is 1. The van der Waals surface area contributed by atoms with Gasteiger partial charge in [-0.3, -0.25) is 14.5 Å². The van der Waals surface area contributed by atoms with Crippen LogP contribution in [0, 0.1) is 5.41 Å². The number of hydrogen-bond acceptors (Lipinski definition) is 4. The molecule has 0 bridgehead atoms. The van der Waals surface area contributed by atoms with Crippen molar-refractivity contribution in [1.82, 2.24) is 4.90 Å². The topological polar surface area (TPSA) is 87.5 Å². The molecule has 1 aromatic carbocycles. The summed E-state index contributed by atoms with van der Waals surface area (Å²) in [7, 11) is 0. The van der Waals surface area contributed by atoms with Gasteiger partial charge in [0.05, 0.1) is 12.0 Å². The third-order valence-electron chi connectivity index (χ3n) is 5.72. The van der Waals surface area contributed by atoms with E-state index in [1.165, 1.54) is 25.7 Å². The molecule has 150 valence electrons. The van der Waals surface area contributed by atoms with Crippen molar-refractivity contribution in [3.63, 3.8) is 0 Å². The van der Waals surface area contributed by atoms with Crippen LogP contribution in [-0.2, 0) is 9.59 Å². The van der Waals surface area contributed by atoms with Gasteiger partial charge in [0.15, 0.2) is 0 Å². The quantitative estimate of drug-likeness (QED) is 0.652. The summed E-state index contributed by atoms with van der Waals surface area (Å²) in [5.41, 5.74) is 6.76. The van der Waals surface area contributed by atoms with Gasteiger partial charge in [-0.05, 0) is 63.0 Å². The Bertz CT molecular complexity index is 595. The average Bonchev–Trinajstić information content (AvgIpc) is 2.94. The summed E-state index contributed by atoms with van der Waals surface area (Å²) in [5, 5.41) is 5.89. The number of carbonyl (C=O) groups excluding carboxylic acids is 2. The average molecular weight is 375 g/mol. The van der Waals surface area contributed by atoms with Crippen LogP contribution in [-0.4, -0.2) is 42.9 Å². The minimum absolute atomic E-state index is 0.00722. The van der Waals surface area contributed by atoms with E-state index in [1.807, 2.05) is 38.1 Å². The largest absolute Gasteiger partial charge is 0.329 e. The molecule has 0 aliphatic carbocycles. The number of rotatable bonds is 8. The highest BCUT2D eigenvalue weighted by molar-refractivity contribution is 5.96. The van der Waals surface area contributed by atoms with E-state index in [0.717, 1.165) is 18.8 Å². The Labute approximate surface area is 162 Å². The molecule has 2 amide bonds. The maximum atomic E-state index is 12.6. The number of nitrogens with one attached hydrogen (secondary N) is 2. The first-order valence-corrected chi connectivity index (χ1v) is 10.2. The van der Waals surface area contributed by atoms with Crippen LogP contribution in [0.15, 0.2) is 24.3 Å². The van der Waals surface area contributed by atoms with Crippen molar-refractivity contribution in [3.05, 3.63) is 24.3 Å². The summed E-state index contributed by atoms with van der Waals surface area (Å²) in [6.45, 7) is 6.73. The Kier molecular flexibility index (Phi) is 8.25. The van der Waals surface area contributed by atoms with Crippen molar-refractivity contribution in [2.75, 3.05) is 36.8 Å². The van der Waals surface area contributed by atoms with Crippen LogP contribution in [0.5, 0.6) is 0 Å². The molecule has 1 heterocycles. The number of likely N-dealkylation sites (tertiary alicyclic amines) is 1. The fraction of sp³-hybridized carbons (Fsp3) is 0.619. The van der Waals surface area contributed by atoms with Gasteiger partial charge in [-0.1, -0.05) is 26.7 Å². The fourth-order valence-electron chi connectivity index (χ4n) is 3.55. The molecule has 6 nitrogen and oxygen atoms in total. The number of carbonyl (C=O) groups is 2. The van der Waals surface area contributed by atoms with Crippen LogP contribution < -0.4 is 16.4 Å². The van der Waals surface area contributed by atoms with Crippen molar-refractivity contribution < 1.29 is 9.59 Å². The lowest BCUT2D eigenvalue weighted by atomic mass is 9.81. The predicted molar refractivity (Wildman–Crippen MR) is 111 cm³/mol. The van der Waals surface area contributed by atoms with Crippen molar-refractivity contribution in [1.29, 1.82) is 0 Å². The molecular formula is C21H34N4O2. The van der Waals surface area contributed by atoms with Crippen LogP contribution in [0.25, 0.3) is 0 Å². The molecule has 0 unspecified atom stereocenters. The first-order valence-electron chi connectivity index (χ1n) is 10.2. The first kappa shape index (κ1) is 21.4. The molecule has 1 aromatic rings. The van der Waals surface area contributed by atoms with E-state index < -0.39 is 5.41 Å². The molecule has 1 aliphatic heterocycles. The maximum Gasteiger partial charge on any atom is 0.238 e. The van der Waals surface area contributed by atoms with Gasteiger partial charge in [0.25, 0.3) is 0 Å². The van der Waals surface area contributed by atoms with E-state index in [0.29, 0.717) is 31.6 Å². The number of anilines is 2. The summed E-state index contributed by atoms with van der Waals surface area (Å²) >= 11 is 0. The van der Waals surface area contributed by atoms with Crippen LogP contribution in [0.3, 0.4) is 0 Å². The molecule has 1 saturated heterocycles. The summed E-state index contributed by atoms with van der Waals surface area (Å²) < 4.78 is 0. The van der Waals surface area contributed by atoms with Crippen molar-refractivity contribution in [2.24, 2.45) is 11.1 Å². The summed E-state index contributed by atoms with van der Waals surface area (Å²) in [6.07, 6.45) is 6.26. The highest BCUT2D eigenvalue weighted by atomic mass is 16.2. The molecule has 0 radical (unpaired) electrons. The zero-order chi connectivity index (χ0) is 19.7. The summed E-state index contributed by atoms with van der Waals surface area (Å²) in [4.78, 5) is 27.1. The van der Waals surface area contributed by atoms with Crippen LogP contribution in [0.4, 0.5) is 11.4 Å². The Morgan fingerprint density at radius 1 is 0.963 bits per heavy atom. The highest BCUT2D eigenvalue weighted by Crippen LogP contribution is 2.27. The standard InChI is InChI=1S/C21H34N4O2/c1-3-21(4-2,16-22)20(27)24-18-11-9-17(10-12-18)23-19(26)15-25-13-7-5-6-8-14-25/h9-12H,3-8,13-16,22H2,1-2H3,(H,23,26)(H,24,27). The predicted octanol–water partition coefficient (Wildman–Crippen LogP) is 3.20. The molecule has 27 heavy (non-hydrogen) atoms. The summed E-state index contributed by atoms with van der Waals surface area (Å²) in [5.74, 6) is -0.0410. The minimum Gasteiger partial charge on any atom is -0.329 e. The molecule has 1 fully saturated rings. The van der Waals surface area contributed by atoms with Gasteiger partial charge in [-0.25, -0.2) is 0 Å². The van der Waals surface area contributed by atoms with E-state index in [-0.39, 0.29) is 11.8 Å². The van der Waals surface area contributed by atoms with Gasteiger partial charge in [-0.15, -0.1) is 0 Å². The molecule has 0 saturated carbocycles. The second-order valence-corrected chi connectivity index (χ2v) is 7.46. The fourth-order valence-corrected chi connectivity index (χ4v) is 3.55. The minimum atomic E-state index is -0.528. The van der Waals surface area contributed by atoms with Crippen molar-refractivity contribution >= 4 is 23.2 Å². The first-order chi connectivity index (χ1) is 13.0. The highest BCUT2D eigenvalue weighted by Gasteiger charge is 2.33. The number of nitrogens with two attached hydrogens (primary N) is 1. The molecule has 4 N–H and O–H groups in total. The zero-order valence-corrected chi connectivity index (χ0v) is 16.7. The second-order valence-electron chi connectivity index (χ2n) is 7.46. The van der Waals surface area contributed by atoms with E-state index in [9.17, 15) is 9.59 Å². The zero-order valence-electron chi connectivity index (χ0n) is 16.7. The van der Waals surface area contributed by atoms with Gasteiger partial charge < -0.3 is 16.4 Å². The normalized spacial score (nSPS) is 15.8. The Balaban J connectivity index is 1.88. The van der Waals surface area contributed by atoms with Gasteiger partial charge in [0.2, 0.25) is 11.8 Å². The Morgan fingerprint density at radius 3 is 1.96 bits per heavy atom. The van der Waals surface area contributed by atoms with Gasteiger partial charge in [0, 0.05) is 17.9 Å². The van der Waals surface area contributed by atoms with Crippen LogP contribution in [0.1, 0.15) is 52.4 Å². The molecule has 6 heteroatoms. The van der Waals surface area contributed by atoms with Gasteiger partial charge >= 0.3 is 0 Å². The molecule has 0 atom stereocenters. The van der Waals surface area contributed by atoms with Crippen molar-refractivity contribution in [3.8, 4) is 0 Å². The molecule has 2 rings (SSSR count). The van der Waals surface area contributed by atoms with Crippen molar-refractivity contribution in [2.45, 2.75) is 52.4 Å². The SMILES string of the molecule is CCC(CC)(CN)C(=O)Nc1ccc(NC(=O)CN2CCCCCC2)cc1. The molecule has 1 aliphatic rings. The number of hydrogen-bond donors (Lipinski definition) is 3. The van der Waals surface area contributed by atoms with Gasteiger partial charge in [0.1, 0.15) is 0 Å². The summed E-state index contributed by atoms with van der Waals surface area (Å²) in [6, 6.07) is 7.26. The van der Waals surface area contributed by atoms with Crippen LogP contribution >= 0.6 is 0 Å². The lowest BCUT2D eigenvalue weighted by Gasteiger charge is -2.28. The molecule has 0 spiro atoms. The monoisotopic (exact) mass is 374 g/mol. The third-order valence-corrected chi connectivity index (χ3v) is 5.72. The third kappa shape index (κ3) is 6.04. The van der Waals surface area contributed by atoms with E-state index >= 15 is 0 Å². The lowest BCUT2D eigenvalue weighted by Crippen LogP contribution is -2.41. The Morgan fingerprint density at radius 2 is 1.48 bits per heavy atom. The van der Waals surface area contributed by atoms with E-state index in [2.05, 4.69) is 15.5 Å². The number of nitrogens with zero attached hydrogens (tertiary/aromatic N) is 1. The smallest absolute Gasteiger partial charge is 0.238 e. The maximum absolute atomic E-state index is 12.6. The van der Waals surface area contributed by atoms with E-state index in [4.69, 9.17) is 5.73 Å². The number of amides is 2. The molecule has 0 aromatic heterocycles. The lowest BCUT2D eigenvalue weighted by molar-refractivity contribution is -0.125. The molecular weight excluding hydrogens is 340 g/mol. The second kappa shape index (κ2) is 10.4.